The number of rotatable bonds is 0. The highest BCUT2D eigenvalue weighted by Crippen LogP contribution is 2.57. The van der Waals surface area contributed by atoms with Crippen molar-refractivity contribution in [3.05, 3.63) is 41.5 Å². The maximum Gasteiger partial charge on any atom is 0.284 e. The number of fused-ring (bicyclic) bond motifs is 5. The van der Waals surface area contributed by atoms with E-state index in [9.17, 15) is 14.7 Å². The molecule has 1 amide bonds. The molecule has 3 aliphatic heterocycles. The zero-order chi connectivity index (χ0) is 19.6. The number of anilines is 1. The highest BCUT2D eigenvalue weighted by atomic mass is 16.6. The predicted molar refractivity (Wildman–Crippen MR) is 104 cm³/mol. The van der Waals surface area contributed by atoms with Crippen molar-refractivity contribution in [1.82, 2.24) is 4.90 Å². The van der Waals surface area contributed by atoms with E-state index in [2.05, 4.69) is 18.0 Å². The smallest absolute Gasteiger partial charge is 0.284 e. The van der Waals surface area contributed by atoms with Gasteiger partial charge in [-0.1, -0.05) is 29.8 Å². The minimum atomic E-state index is -1.48. The summed E-state index contributed by atoms with van der Waals surface area (Å²) in [5, 5.41) is 10.3. The van der Waals surface area contributed by atoms with E-state index in [1.54, 1.807) is 4.90 Å². The number of allylic oxidation sites excluding steroid dienone is 1. The fraction of sp³-hybridized carbons (Fsp3) is 0.545. The van der Waals surface area contributed by atoms with Crippen molar-refractivity contribution in [1.29, 1.82) is 0 Å². The number of benzene rings is 1. The van der Waals surface area contributed by atoms with Crippen LogP contribution in [0.3, 0.4) is 0 Å². The number of para-hydroxylation sites is 1. The van der Waals surface area contributed by atoms with Crippen molar-refractivity contribution < 1.29 is 19.4 Å². The fourth-order valence-corrected chi connectivity index (χ4v) is 6.08. The maximum absolute atomic E-state index is 13.8. The molecule has 1 saturated carbocycles. The standard InChI is InChI=1S/C22H26N2O4/c1-3-13-11-23(2)9-8-22-16-6-4-5-7-17(16)24-19(22)15(14(13)10-18(22)25)12-28-21(27)20(24)26/h3-7,14-15,19,21,27H,8-12H2,1-2H3/b13-3-/t14-,15+,19-,21?,22+/m0/s1. The highest BCUT2D eigenvalue weighted by Gasteiger charge is 2.65. The molecule has 6 nitrogen and oxygen atoms in total. The number of ether oxygens (including phenoxy) is 1. The van der Waals surface area contributed by atoms with Gasteiger partial charge in [0.05, 0.1) is 18.1 Å². The summed E-state index contributed by atoms with van der Waals surface area (Å²) in [5.41, 5.74) is 2.19. The summed E-state index contributed by atoms with van der Waals surface area (Å²) in [6, 6.07) is 7.42. The van der Waals surface area contributed by atoms with Crippen molar-refractivity contribution in [2.75, 3.05) is 31.6 Å². The largest absolute Gasteiger partial charge is 0.360 e. The molecule has 28 heavy (non-hydrogen) atoms. The lowest BCUT2D eigenvalue weighted by atomic mass is 9.57. The lowest BCUT2D eigenvalue weighted by molar-refractivity contribution is -0.154. The van der Waals surface area contributed by atoms with Crippen LogP contribution < -0.4 is 4.90 Å². The first-order valence-corrected chi connectivity index (χ1v) is 10.1. The van der Waals surface area contributed by atoms with E-state index < -0.39 is 17.6 Å². The van der Waals surface area contributed by atoms with Crippen LogP contribution in [0.25, 0.3) is 0 Å². The number of likely N-dealkylation sites (N-methyl/N-ethyl adjacent to an activating group) is 1. The number of carbonyl (C=O) groups excluding carboxylic acids is 2. The molecule has 1 aromatic rings. The van der Waals surface area contributed by atoms with Crippen molar-refractivity contribution in [2.24, 2.45) is 11.8 Å². The zero-order valence-corrected chi connectivity index (χ0v) is 16.3. The molecular formula is C22H26N2O4. The third-order valence-corrected chi connectivity index (χ3v) is 7.34. The van der Waals surface area contributed by atoms with Gasteiger partial charge in [0.15, 0.2) is 0 Å². The average Bonchev–Trinajstić information content (AvgIpc) is 2.97. The van der Waals surface area contributed by atoms with E-state index in [-0.39, 0.29) is 30.3 Å². The van der Waals surface area contributed by atoms with Crippen LogP contribution in [-0.4, -0.2) is 60.8 Å². The molecule has 4 aliphatic rings. The van der Waals surface area contributed by atoms with Gasteiger partial charge in [-0.2, -0.15) is 0 Å². The Balaban J connectivity index is 1.79. The predicted octanol–water partition coefficient (Wildman–Crippen LogP) is 1.48. The zero-order valence-electron chi connectivity index (χ0n) is 16.3. The second-order valence-electron chi connectivity index (χ2n) is 8.58. The SMILES string of the molecule is C/C=C1/CN(C)CC[C@]23C(=O)C[C@@H]1[C@H]1COC(O)C(=O)N(c4ccccc42)[C@@H]13. The van der Waals surface area contributed by atoms with E-state index in [1.807, 2.05) is 31.2 Å². The summed E-state index contributed by atoms with van der Waals surface area (Å²) in [6.45, 7) is 3.89. The first-order chi connectivity index (χ1) is 13.5. The molecule has 1 spiro atoms. The monoisotopic (exact) mass is 382 g/mol. The highest BCUT2D eigenvalue weighted by molar-refractivity contribution is 6.06. The molecule has 0 aromatic heterocycles. The number of nitrogens with zero attached hydrogens (tertiary/aromatic N) is 2. The van der Waals surface area contributed by atoms with Crippen LogP contribution in [0.4, 0.5) is 5.69 Å². The van der Waals surface area contributed by atoms with Crippen LogP contribution in [0.2, 0.25) is 0 Å². The number of amides is 1. The molecule has 3 fully saturated rings. The van der Waals surface area contributed by atoms with Crippen LogP contribution in [0.5, 0.6) is 0 Å². The Kier molecular flexibility index (Phi) is 4.02. The van der Waals surface area contributed by atoms with Gasteiger partial charge in [-0.3, -0.25) is 9.59 Å². The number of carbonyl (C=O) groups is 2. The first-order valence-electron chi connectivity index (χ1n) is 10.1. The summed E-state index contributed by atoms with van der Waals surface area (Å²) in [4.78, 5) is 30.8. The lowest BCUT2D eigenvalue weighted by Crippen LogP contribution is -2.61. The van der Waals surface area contributed by atoms with Crippen molar-refractivity contribution in [2.45, 2.75) is 37.5 Å². The Hall–Kier alpha value is -2.02. The van der Waals surface area contributed by atoms with Gasteiger partial charge in [0.2, 0.25) is 6.29 Å². The van der Waals surface area contributed by atoms with Crippen LogP contribution >= 0.6 is 0 Å². The van der Waals surface area contributed by atoms with Gasteiger partial charge in [-0.25, -0.2) is 0 Å². The molecule has 2 saturated heterocycles. The number of Topliss-reactive ketones (excluding diaryl/α,β-unsaturated/α-hetero) is 1. The fourth-order valence-electron chi connectivity index (χ4n) is 6.08. The van der Waals surface area contributed by atoms with Gasteiger partial charge in [0, 0.05) is 24.6 Å². The number of aliphatic hydroxyl groups excluding tert-OH is 1. The van der Waals surface area contributed by atoms with Crippen molar-refractivity contribution in [3.8, 4) is 0 Å². The molecular weight excluding hydrogens is 356 g/mol. The van der Waals surface area contributed by atoms with Gasteiger partial charge >= 0.3 is 0 Å². The summed E-state index contributed by atoms with van der Waals surface area (Å²) in [6.07, 6.45) is 1.77. The van der Waals surface area contributed by atoms with Crippen LogP contribution in [-0.2, 0) is 19.7 Å². The van der Waals surface area contributed by atoms with Crippen LogP contribution in [0.15, 0.2) is 35.9 Å². The summed E-state index contributed by atoms with van der Waals surface area (Å²) < 4.78 is 5.61. The Morgan fingerprint density at radius 2 is 2.07 bits per heavy atom. The number of aliphatic hydroxyl groups is 1. The molecule has 5 rings (SSSR count). The molecule has 0 radical (unpaired) electrons. The number of hydrogen-bond donors (Lipinski definition) is 1. The molecule has 1 N–H and O–H groups in total. The van der Waals surface area contributed by atoms with E-state index in [0.717, 1.165) is 24.3 Å². The second-order valence-corrected chi connectivity index (χ2v) is 8.58. The van der Waals surface area contributed by atoms with E-state index in [0.29, 0.717) is 12.8 Å². The lowest BCUT2D eigenvalue weighted by Gasteiger charge is -2.47. The topological polar surface area (TPSA) is 70.1 Å². The molecule has 5 atom stereocenters. The first kappa shape index (κ1) is 18.0. The average molecular weight is 382 g/mol. The molecule has 2 bridgehead atoms. The Bertz CT molecular complexity index is 881. The molecule has 1 aromatic carbocycles. The Morgan fingerprint density at radius 1 is 1.29 bits per heavy atom. The minimum absolute atomic E-state index is 0.0195. The second kappa shape index (κ2) is 6.24. The summed E-state index contributed by atoms with van der Waals surface area (Å²) >= 11 is 0. The van der Waals surface area contributed by atoms with E-state index in [1.165, 1.54) is 5.57 Å². The summed E-state index contributed by atoms with van der Waals surface area (Å²) in [7, 11) is 2.09. The van der Waals surface area contributed by atoms with Crippen LogP contribution in [0.1, 0.15) is 25.3 Å². The van der Waals surface area contributed by atoms with E-state index >= 15 is 0 Å². The third kappa shape index (κ3) is 2.19. The van der Waals surface area contributed by atoms with Crippen molar-refractivity contribution in [3.63, 3.8) is 0 Å². The van der Waals surface area contributed by atoms with Crippen LogP contribution in [0, 0.1) is 11.8 Å². The van der Waals surface area contributed by atoms with E-state index in [4.69, 9.17) is 4.74 Å². The van der Waals surface area contributed by atoms with Gasteiger partial charge in [0.25, 0.3) is 5.91 Å². The molecule has 6 heteroatoms. The normalized spacial score (nSPS) is 39.2. The maximum atomic E-state index is 13.8. The van der Waals surface area contributed by atoms with Gasteiger partial charge in [-0.05, 0) is 44.5 Å². The Labute approximate surface area is 164 Å². The minimum Gasteiger partial charge on any atom is -0.360 e. The quantitative estimate of drug-likeness (QED) is 0.689. The number of hydrogen-bond acceptors (Lipinski definition) is 5. The molecule has 1 aliphatic carbocycles. The van der Waals surface area contributed by atoms with Gasteiger partial charge in [-0.15, -0.1) is 0 Å². The number of ketones is 1. The molecule has 148 valence electrons. The Morgan fingerprint density at radius 3 is 2.86 bits per heavy atom. The molecule has 1 unspecified atom stereocenters. The molecule has 3 heterocycles. The van der Waals surface area contributed by atoms with Gasteiger partial charge < -0.3 is 19.6 Å². The third-order valence-electron chi connectivity index (χ3n) is 7.34. The summed E-state index contributed by atoms with van der Waals surface area (Å²) in [5.74, 6) is -0.243. The van der Waals surface area contributed by atoms with Crippen molar-refractivity contribution >= 4 is 17.4 Å². The van der Waals surface area contributed by atoms with Gasteiger partial charge in [0.1, 0.15) is 5.78 Å².